The molecule has 11 nitrogen and oxygen atoms in total. The smallest absolute Gasteiger partial charge is 0.327 e. The molecule has 0 radical (unpaired) electrons. The van der Waals surface area contributed by atoms with Gasteiger partial charge in [-0.3, -0.25) is 19.2 Å². The molecule has 5 atom stereocenters. The average Bonchev–Trinajstić information content (AvgIpc) is 2.70. The van der Waals surface area contributed by atoms with Gasteiger partial charge in [0.2, 0.25) is 17.7 Å². The number of nitrogens with two attached hydrogens (primary N) is 1. The first kappa shape index (κ1) is 28.7. The number of thiol groups is 1. The maximum absolute atomic E-state index is 12.9. The van der Waals surface area contributed by atoms with Crippen molar-refractivity contribution in [1.82, 2.24) is 16.0 Å². The molecule has 0 aliphatic carbocycles. The zero-order chi connectivity index (χ0) is 24.3. The second-order valence-electron chi connectivity index (χ2n) is 7.72. The summed E-state index contributed by atoms with van der Waals surface area (Å²) in [6, 6.07) is -4.38. The number of carboxylic acid groups (broad SMARTS) is 2. The fourth-order valence-electron chi connectivity index (χ4n) is 2.60. The predicted octanol–water partition coefficient (Wildman–Crippen LogP) is -0.651. The van der Waals surface area contributed by atoms with Crippen molar-refractivity contribution in [3.63, 3.8) is 0 Å². The summed E-state index contributed by atoms with van der Waals surface area (Å²) >= 11 is 3.91. The number of carbonyl (C=O) groups excluding carboxylic acids is 3. The van der Waals surface area contributed by atoms with Gasteiger partial charge in [-0.2, -0.15) is 12.6 Å². The Hall–Kier alpha value is -2.34. The highest BCUT2D eigenvalue weighted by molar-refractivity contribution is 7.80. The Balaban J connectivity index is 5.36. The molecule has 31 heavy (non-hydrogen) atoms. The number of amides is 3. The molecule has 0 heterocycles. The molecule has 0 spiro atoms. The van der Waals surface area contributed by atoms with Crippen molar-refractivity contribution in [3.8, 4) is 0 Å². The molecule has 0 aromatic carbocycles. The lowest BCUT2D eigenvalue weighted by Crippen LogP contribution is -2.60. The molecule has 0 saturated carbocycles. The number of aliphatic carboxylic acids is 2. The fraction of sp³-hybridized carbons (Fsp3) is 0.737. The van der Waals surface area contributed by atoms with Crippen LogP contribution in [-0.2, 0) is 24.0 Å². The minimum absolute atomic E-state index is 0.0915. The van der Waals surface area contributed by atoms with E-state index in [-0.39, 0.29) is 30.4 Å². The van der Waals surface area contributed by atoms with E-state index < -0.39 is 53.8 Å². The SMILES string of the molecule is CCC(C)C(NC(=O)C(NC(=O)C(N)CCC(=O)O)C(C)C)C(=O)NC(CS)C(=O)O. The Morgan fingerprint density at radius 3 is 1.84 bits per heavy atom. The van der Waals surface area contributed by atoms with E-state index in [1.165, 1.54) is 0 Å². The molecule has 0 bridgehead atoms. The molecule has 0 aromatic heterocycles. The predicted molar refractivity (Wildman–Crippen MR) is 116 cm³/mol. The largest absolute Gasteiger partial charge is 0.481 e. The Morgan fingerprint density at radius 2 is 1.42 bits per heavy atom. The van der Waals surface area contributed by atoms with Gasteiger partial charge in [0.05, 0.1) is 6.04 Å². The van der Waals surface area contributed by atoms with E-state index in [1.807, 2.05) is 6.92 Å². The number of hydrogen-bond donors (Lipinski definition) is 7. The zero-order valence-electron chi connectivity index (χ0n) is 18.3. The van der Waals surface area contributed by atoms with E-state index in [0.717, 1.165) is 0 Å². The van der Waals surface area contributed by atoms with Crippen molar-refractivity contribution in [2.24, 2.45) is 17.6 Å². The van der Waals surface area contributed by atoms with E-state index in [9.17, 15) is 24.0 Å². The van der Waals surface area contributed by atoms with Gasteiger partial charge in [-0.1, -0.05) is 34.1 Å². The highest BCUT2D eigenvalue weighted by Gasteiger charge is 2.33. The quantitative estimate of drug-likeness (QED) is 0.166. The molecule has 0 aromatic rings. The van der Waals surface area contributed by atoms with Crippen molar-refractivity contribution in [1.29, 1.82) is 0 Å². The zero-order valence-corrected chi connectivity index (χ0v) is 19.1. The summed E-state index contributed by atoms with van der Waals surface area (Å²) in [5.41, 5.74) is 5.70. The van der Waals surface area contributed by atoms with Crippen LogP contribution in [0.15, 0.2) is 0 Å². The van der Waals surface area contributed by atoms with Gasteiger partial charge in [0.25, 0.3) is 0 Å². The summed E-state index contributed by atoms with van der Waals surface area (Å²) in [5.74, 6) is -5.13. The van der Waals surface area contributed by atoms with E-state index >= 15 is 0 Å². The highest BCUT2D eigenvalue weighted by atomic mass is 32.1. The van der Waals surface area contributed by atoms with Gasteiger partial charge in [-0.15, -0.1) is 0 Å². The maximum Gasteiger partial charge on any atom is 0.327 e. The molecular formula is C19H34N4O7S. The first-order valence-corrected chi connectivity index (χ1v) is 10.7. The minimum Gasteiger partial charge on any atom is -0.481 e. The molecule has 0 rings (SSSR count). The molecule has 7 N–H and O–H groups in total. The van der Waals surface area contributed by atoms with Crippen LogP contribution >= 0.6 is 12.6 Å². The van der Waals surface area contributed by atoms with Crippen LogP contribution in [0.2, 0.25) is 0 Å². The van der Waals surface area contributed by atoms with Gasteiger partial charge in [0, 0.05) is 12.2 Å². The van der Waals surface area contributed by atoms with Gasteiger partial charge in [-0.05, 0) is 18.3 Å². The normalized spacial score (nSPS) is 15.8. The number of hydrogen-bond acceptors (Lipinski definition) is 7. The Kier molecular flexibility index (Phi) is 12.8. The van der Waals surface area contributed by atoms with Gasteiger partial charge in [-0.25, -0.2) is 4.79 Å². The molecular weight excluding hydrogens is 428 g/mol. The van der Waals surface area contributed by atoms with Crippen molar-refractivity contribution in [3.05, 3.63) is 0 Å². The van der Waals surface area contributed by atoms with Crippen LogP contribution in [0, 0.1) is 11.8 Å². The summed E-state index contributed by atoms with van der Waals surface area (Å²) in [6.07, 6.45) is 0.140. The van der Waals surface area contributed by atoms with Crippen LogP contribution < -0.4 is 21.7 Å². The molecule has 0 aliphatic rings. The molecule has 5 unspecified atom stereocenters. The van der Waals surface area contributed by atoms with Crippen molar-refractivity contribution < 1.29 is 34.2 Å². The Bertz CT molecular complexity index is 659. The average molecular weight is 463 g/mol. The van der Waals surface area contributed by atoms with Crippen molar-refractivity contribution in [2.45, 2.75) is 71.1 Å². The third kappa shape index (κ3) is 10.0. The van der Waals surface area contributed by atoms with Crippen LogP contribution in [0.1, 0.15) is 47.0 Å². The Morgan fingerprint density at radius 1 is 0.903 bits per heavy atom. The molecule has 12 heteroatoms. The number of carboxylic acids is 2. The maximum atomic E-state index is 12.9. The topological polar surface area (TPSA) is 188 Å². The fourth-order valence-corrected chi connectivity index (χ4v) is 2.84. The first-order chi connectivity index (χ1) is 14.3. The second kappa shape index (κ2) is 13.9. The standard InChI is InChI=1S/C19H34N4O7S/c1-5-10(4)15(18(28)21-12(8-31)19(29)30)23-17(27)14(9(2)3)22-16(26)11(20)6-7-13(24)25/h9-12,14-15,31H,5-8,20H2,1-4H3,(H,21,28)(H,22,26)(H,23,27)(H,24,25)(H,29,30). The van der Waals surface area contributed by atoms with Crippen LogP contribution in [0.25, 0.3) is 0 Å². The van der Waals surface area contributed by atoms with Gasteiger partial charge < -0.3 is 31.9 Å². The van der Waals surface area contributed by atoms with Crippen LogP contribution in [0.4, 0.5) is 0 Å². The Labute approximate surface area is 187 Å². The number of nitrogens with one attached hydrogen (secondary N) is 3. The second-order valence-corrected chi connectivity index (χ2v) is 8.09. The lowest BCUT2D eigenvalue weighted by molar-refractivity contribution is -0.142. The number of carbonyl (C=O) groups is 5. The summed E-state index contributed by atoms with van der Waals surface area (Å²) in [5, 5.41) is 25.3. The molecule has 0 fully saturated rings. The van der Waals surface area contributed by atoms with Crippen molar-refractivity contribution in [2.75, 3.05) is 5.75 Å². The highest BCUT2D eigenvalue weighted by Crippen LogP contribution is 2.11. The van der Waals surface area contributed by atoms with Crippen LogP contribution in [-0.4, -0.2) is 69.8 Å². The first-order valence-electron chi connectivity index (χ1n) is 10.1. The van der Waals surface area contributed by atoms with Crippen molar-refractivity contribution >= 4 is 42.3 Å². The van der Waals surface area contributed by atoms with Crippen LogP contribution in [0.5, 0.6) is 0 Å². The third-order valence-electron chi connectivity index (χ3n) is 4.84. The molecule has 3 amide bonds. The van der Waals surface area contributed by atoms with Gasteiger partial charge in [0.1, 0.15) is 18.1 Å². The van der Waals surface area contributed by atoms with Gasteiger partial charge in [0.15, 0.2) is 0 Å². The summed E-state index contributed by atoms with van der Waals surface area (Å²) < 4.78 is 0. The van der Waals surface area contributed by atoms with E-state index in [2.05, 4.69) is 28.6 Å². The molecule has 0 aliphatic heterocycles. The third-order valence-corrected chi connectivity index (χ3v) is 5.21. The minimum atomic E-state index is -1.25. The lowest BCUT2D eigenvalue weighted by Gasteiger charge is -2.29. The molecule has 0 saturated heterocycles. The van der Waals surface area contributed by atoms with E-state index in [1.54, 1.807) is 20.8 Å². The summed E-state index contributed by atoms with van der Waals surface area (Å²) in [7, 11) is 0. The number of rotatable bonds is 14. The summed E-state index contributed by atoms with van der Waals surface area (Å²) in [4.78, 5) is 59.6. The molecule has 178 valence electrons. The van der Waals surface area contributed by atoms with E-state index in [0.29, 0.717) is 6.42 Å². The van der Waals surface area contributed by atoms with Crippen LogP contribution in [0.3, 0.4) is 0 Å². The monoisotopic (exact) mass is 462 g/mol. The lowest BCUT2D eigenvalue weighted by atomic mass is 9.96. The van der Waals surface area contributed by atoms with Gasteiger partial charge >= 0.3 is 11.9 Å². The van der Waals surface area contributed by atoms with E-state index in [4.69, 9.17) is 15.9 Å². The summed E-state index contributed by atoms with van der Waals surface area (Å²) in [6.45, 7) is 6.92.